The largest absolute Gasteiger partial charge is 0.352 e. The van der Waals surface area contributed by atoms with Gasteiger partial charge in [-0.2, -0.15) is 0 Å². The van der Waals surface area contributed by atoms with Crippen LogP contribution in [0.25, 0.3) is 0 Å². The maximum absolute atomic E-state index is 13.6. The Morgan fingerprint density at radius 2 is 1.75 bits per heavy atom. The van der Waals surface area contributed by atoms with Crippen LogP contribution >= 0.6 is 11.6 Å². The number of hydrogen-bond donors (Lipinski definition) is 1. The average molecular weight is 523 g/mol. The van der Waals surface area contributed by atoms with Gasteiger partial charge in [-0.15, -0.1) is 0 Å². The number of carbonyl (C=O) groups excluding carboxylic acids is 1. The molecule has 1 aliphatic rings. The van der Waals surface area contributed by atoms with Gasteiger partial charge in [0, 0.05) is 17.1 Å². The number of hydrogen-bond acceptors (Lipinski definition) is 3. The van der Waals surface area contributed by atoms with E-state index < -0.39 is 10.0 Å². The van der Waals surface area contributed by atoms with E-state index in [1.165, 1.54) is 22.7 Å². The van der Waals surface area contributed by atoms with Crippen LogP contribution in [0.2, 0.25) is 5.02 Å². The van der Waals surface area contributed by atoms with E-state index in [2.05, 4.69) is 11.4 Å². The summed E-state index contributed by atoms with van der Waals surface area (Å²) < 4.78 is 28.6. The molecule has 7 heteroatoms. The normalized spacial score (nSPS) is 13.7. The lowest BCUT2D eigenvalue weighted by Crippen LogP contribution is -2.31. The van der Waals surface area contributed by atoms with Crippen molar-refractivity contribution in [3.05, 3.63) is 106 Å². The summed E-state index contributed by atoms with van der Waals surface area (Å²) >= 11 is 6.24. The third-order valence-electron chi connectivity index (χ3n) is 6.43. The minimum Gasteiger partial charge on any atom is -0.352 e. The van der Waals surface area contributed by atoms with Crippen LogP contribution in [0.5, 0.6) is 0 Å². The van der Waals surface area contributed by atoms with Crippen molar-refractivity contribution in [2.45, 2.75) is 50.5 Å². The van der Waals surface area contributed by atoms with Crippen LogP contribution in [0, 0.1) is 6.92 Å². The molecule has 3 aromatic carbocycles. The fourth-order valence-corrected chi connectivity index (χ4v) is 6.06. The lowest BCUT2D eigenvalue weighted by molar-refractivity contribution is 0.0954. The summed E-state index contributed by atoms with van der Waals surface area (Å²) in [5.41, 5.74) is 4.05. The fourth-order valence-electron chi connectivity index (χ4n) is 4.37. The van der Waals surface area contributed by atoms with Gasteiger partial charge in [0.25, 0.3) is 15.9 Å². The zero-order valence-corrected chi connectivity index (χ0v) is 22.0. The molecule has 0 saturated heterocycles. The zero-order chi connectivity index (χ0) is 25.5. The second-order valence-corrected chi connectivity index (χ2v) is 11.4. The molecule has 1 amide bonds. The Morgan fingerprint density at radius 1 is 1.00 bits per heavy atom. The lowest BCUT2D eigenvalue weighted by atomic mass is 9.97. The first kappa shape index (κ1) is 26.0. The minimum absolute atomic E-state index is 0.106. The Balaban J connectivity index is 1.52. The molecular weight excluding hydrogens is 492 g/mol. The summed E-state index contributed by atoms with van der Waals surface area (Å²) in [5.74, 6) is -0.127. The Labute approximate surface area is 218 Å². The molecule has 0 unspecified atom stereocenters. The van der Waals surface area contributed by atoms with Gasteiger partial charge in [-0.05, 0) is 86.6 Å². The van der Waals surface area contributed by atoms with Gasteiger partial charge >= 0.3 is 0 Å². The number of anilines is 1. The van der Waals surface area contributed by atoms with Gasteiger partial charge in [0.05, 0.1) is 17.1 Å². The number of benzene rings is 3. The highest BCUT2D eigenvalue weighted by Gasteiger charge is 2.26. The molecule has 36 heavy (non-hydrogen) atoms. The number of sulfonamides is 1. The molecule has 0 atom stereocenters. The molecular formula is C29H31ClN2O3S. The molecule has 0 fully saturated rings. The standard InChI is InChI=1S/C29H31ClN2O3S/c1-22-12-17-26(30)20-28(22)32(36(34,35)27-10-6-3-7-11-27)21-24-13-15-25(16-14-24)29(33)31-19-18-23-8-4-2-5-9-23/h3,6-8,10-17,20H,2,4-5,9,18-19,21H2,1H3,(H,31,33). The number of halogens is 1. The molecule has 188 valence electrons. The van der Waals surface area contributed by atoms with Crippen LogP contribution < -0.4 is 9.62 Å². The van der Waals surface area contributed by atoms with E-state index in [0.29, 0.717) is 22.8 Å². The second kappa shape index (κ2) is 11.8. The van der Waals surface area contributed by atoms with E-state index in [9.17, 15) is 13.2 Å². The van der Waals surface area contributed by atoms with Gasteiger partial charge in [-0.3, -0.25) is 9.10 Å². The van der Waals surface area contributed by atoms with Gasteiger partial charge in [0.1, 0.15) is 0 Å². The van der Waals surface area contributed by atoms with Crippen molar-refractivity contribution >= 4 is 33.2 Å². The van der Waals surface area contributed by atoms with Gasteiger partial charge < -0.3 is 5.32 Å². The molecule has 1 N–H and O–H groups in total. The third-order valence-corrected chi connectivity index (χ3v) is 8.44. The van der Waals surface area contributed by atoms with Crippen molar-refractivity contribution in [1.29, 1.82) is 0 Å². The number of amides is 1. The van der Waals surface area contributed by atoms with Crippen LogP contribution in [0.4, 0.5) is 5.69 Å². The lowest BCUT2D eigenvalue weighted by Gasteiger charge is -2.26. The summed E-state index contributed by atoms with van der Waals surface area (Å²) in [6, 6.07) is 20.6. The number of nitrogens with one attached hydrogen (secondary N) is 1. The molecule has 5 nitrogen and oxygen atoms in total. The van der Waals surface area contributed by atoms with Crippen LogP contribution in [-0.4, -0.2) is 20.9 Å². The SMILES string of the molecule is Cc1ccc(Cl)cc1N(Cc1ccc(C(=O)NCCC2=CCCCC2)cc1)S(=O)(=O)c1ccccc1. The van der Waals surface area contributed by atoms with Crippen molar-refractivity contribution in [2.75, 3.05) is 10.8 Å². The van der Waals surface area contributed by atoms with Gasteiger partial charge in [0.15, 0.2) is 0 Å². The van der Waals surface area contributed by atoms with E-state index in [4.69, 9.17) is 11.6 Å². The highest BCUT2D eigenvalue weighted by Crippen LogP contribution is 2.31. The highest BCUT2D eigenvalue weighted by molar-refractivity contribution is 7.92. The minimum atomic E-state index is -3.85. The van der Waals surface area contributed by atoms with E-state index >= 15 is 0 Å². The van der Waals surface area contributed by atoms with Crippen molar-refractivity contribution in [1.82, 2.24) is 5.32 Å². The Bertz CT molecular complexity index is 1340. The quantitative estimate of drug-likeness (QED) is 0.319. The Morgan fingerprint density at radius 3 is 2.44 bits per heavy atom. The maximum atomic E-state index is 13.6. The van der Waals surface area contributed by atoms with E-state index in [1.807, 2.05) is 13.0 Å². The number of aryl methyl sites for hydroxylation is 1. The number of allylic oxidation sites excluding steroid dienone is 1. The van der Waals surface area contributed by atoms with E-state index in [-0.39, 0.29) is 17.3 Å². The first-order chi connectivity index (χ1) is 17.3. The van der Waals surface area contributed by atoms with Crippen LogP contribution in [0.1, 0.15) is 53.6 Å². The van der Waals surface area contributed by atoms with Gasteiger partial charge in [-0.1, -0.05) is 59.6 Å². The van der Waals surface area contributed by atoms with Crippen molar-refractivity contribution in [3.63, 3.8) is 0 Å². The Kier molecular flexibility index (Phi) is 8.49. The van der Waals surface area contributed by atoms with Gasteiger partial charge in [-0.25, -0.2) is 8.42 Å². The summed E-state index contributed by atoms with van der Waals surface area (Å²) in [6.07, 6.45) is 7.92. The second-order valence-electron chi connectivity index (χ2n) is 9.07. The van der Waals surface area contributed by atoms with Crippen molar-refractivity contribution in [3.8, 4) is 0 Å². The number of rotatable bonds is 9. The topological polar surface area (TPSA) is 66.5 Å². The van der Waals surface area contributed by atoms with Crippen LogP contribution in [-0.2, 0) is 16.6 Å². The molecule has 4 rings (SSSR count). The first-order valence-corrected chi connectivity index (χ1v) is 14.1. The number of nitrogens with zero attached hydrogens (tertiary/aromatic N) is 1. The van der Waals surface area contributed by atoms with Gasteiger partial charge in [0.2, 0.25) is 0 Å². The summed E-state index contributed by atoms with van der Waals surface area (Å²) in [5, 5.41) is 3.45. The van der Waals surface area contributed by atoms with Crippen molar-refractivity contribution < 1.29 is 13.2 Å². The molecule has 0 aliphatic heterocycles. The average Bonchev–Trinajstić information content (AvgIpc) is 2.90. The summed E-state index contributed by atoms with van der Waals surface area (Å²) in [6.45, 7) is 2.58. The predicted octanol–water partition coefficient (Wildman–Crippen LogP) is 6.66. The molecule has 0 heterocycles. The highest BCUT2D eigenvalue weighted by atomic mass is 35.5. The van der Waals surface area contributed by atoms with Crippen molar-refractivity contribution in [2.24, 2.45) is 0 Å². The molecule has 0 aromatic heterocycles. The van der Waals surface area contributed by atoms with E-state index in [1.54, 1.807) is 66.7 Å². The summed E-state index contributed by atoms with van der Waals surface area (Å²) in [4.78, 5) is 12.8. The molecule has 0 saturated carbocycles. The number of carbonyl (C=O) groups is 1. The monoisotopic (exact) mass is 522 g/mol. The third kappa shape index (κ3) is 6.37. The molecule has 1 aliphatic carbocycles. The molecule has 3 aromatic rings. The predicted molar refractivity (Wildman–Crippen MR) is 146 cm³/mol. The first-order valence-electron chi connectivity index (χ1n) is 12.2. The Hall–Kier alpha value is -3.09. The zero-order valence-electron chi connectivity index (χ0n) is 20.4. The fraction of sp³-hybridized carbons (Fsp3) is 0.276. The molecule has 0 spiro atoms. The summed E-state index contributed by atoms with van der Waals surface area (Å²) in [7, 11) is -3.85. The van der Waals surface area contributed by atoms with Crippen LogP contribution in [0.3, 0.4) is 0 Å². The maximum Gasteiger partial charge on any atom is 0.264 e. The smallest absolute Gasteiger partial charge is 0.264 e. The van der Waals surface area contributed by atoms with E-state index in [0.717, 1.165) is 30.4 Å². The molecule has 0 radical (unpaired) electrons. The van der Waals surface area contributed by atoms with Crippen LogP contribution in [0.15, 0.2) is 89.3 Å². The molecule has 0 bridgehead atoms.